The van der Waals surface area contributed by atoms with Gasteiger partial charge in [0.2, 0.25) is 11.8 Å². The molecule has 3 unspecified atom stereocenters. The number of rotatable bonds is 1. The van der Waals surface area contributed by atoms with Crippen LogP contribution in [0.3, 0.4) is 0 Å². The molecular weight excluding hydrogens is 240 g/mol. The fraction of sp³-hybridized carbons (Fsp3) is 0.867. The van der Waals surface area contributed by atoms with Crippen molar-refractivity contribution < 1.29 is 9.59 Å². The van der Waals surface area contributed by atoms with E-state index < -0.39 is 0 Å². The van der Waals surface area contributed by atoms with E-state index in [1.165, 1.54) is 19.3 Å². The van der Waals surface area contributed by atoms with Crippen molar-refractivity contribution in [2.24, 2.45) is 17.3 Å². The number of piperidine rings is 2. The summed E-state index contributed by atoms with van der Waals surface area (Å²) in [7, 11) is 0. The quantitative estimate of drug-likeness (QED) is 0.725. The van der Waals surface area contributed by atoms with E-state index in [4.69, 9.17) is 0 Å². The van der Waals surface area contributed by atoms with Crippen molar-refractivity contribution in [2.75, 3.05) is 6.54 Å². The van der Waals surface area contributed by atoms with Gasteiger partial charge >= 0.3 is 0 Å². The normalized spacial score (nSPS) is 42.2. The Morgan fingerprint density at radius 3 is 2.32 bits per heavy atom. The summed E-state index contributed by atoms with van der Waals surface area (Å²) in [6.07, 6.45) is 5.60. The minimum Gasteiger partial charge on any atom is -0.311 e. The molecule has 4 heteroatoms. The highest BCUT2D eigenvalue weighted by molar-refractivity contribution is 6.10. The minimum atomic E-state index is -0.0776. The first-order valence-electron chi connectivity index (χ1n) is 7.58. The Labute approximate surface area is 113 Å². The number of nitrogens with zero attached hydrogens (tertiary/aromatic N) is 1. The smallest absolute Gasteiger partial charge is 0.233 e. The molecule has 4 fully saturated rings. The van der Waals surface area contributed by atoms with Crippen LogP contribution in [-0.2, 0) is 9.59 Å². The summed E-state index contributed by atoms with van der Waals surface area (Å²) in [5.41, 5.74) is 0.164. The van der Waals surface area contributed by atoms with Crippen LogP contribution in [-0.4, -0.2) is 34.8 Å². The highest BCUT2D eigenvalue weighted by Crippen LogP contribution is 2.64. The lowest BCUT2D eigenvalue weighted by Crippen LogP contribution is -2.61. The summed E-state index contributed by atoms with van der Waals surface area (Å²) in [6, 6.07) is 0.158. The topological polar surface area (TPSA) is 49.4 Å². The number of hydrogen-bond donors (Lipinski definition) is 1. The number of carbonyl (C=O) groups excluding carboxylic acids is 2. The summed E-state index contributed by atoms with van der Waals surface area (Å²) >= 11 is 0. The Hall–Kier alpha value is -0.900. The third kappa shape index (κ3) is 1.38. The molecule has 0 aromatic heterocycles. The number of fused-ring (bicyclic) bond motifs is 1. The lowest BCUT2D eigenvalue weighted by molar-refractivity contribution is -0.147. The lowest BCUT2D eigenvalue weighted by Gasteiger charge is -2.50. The predicted molar refractivity (Wildman–Crippen MR) is 70.2 cm³/mol. The predicted octanol–water partition coefficient (Wildman–Crippen LogP) is 1.30. The second-order valence-electron chi connectivity index (χ2n) is 7.53. The largest absolute Gasteiger partial charge is 0.311 e. The van der Waals surface area contributed by atoms with Crippen LogP contribution in [0.15, 0.2) is 0 Å². The van der Waals surface area contributed by atoms with Gasteiger partial charge in [0.25, 0.3) is 0 Å². The van der Waals surface area contributed by atoms with Crippen molar-refractivity contribution in [1.29, 1.82) is 0 Å². The molecule has 4 rings (SSSR count). The fourth-order valence-corrected chi connectivity index (χ4v) is 4.66. The Balaban J connectivity index is 1.54. The molecule has 2 aliphatic heterocycles. The van der Waals surface area contributed by atoms with E-state index in [1.54, 1.807) is 4.90 Å². The Kier molecular flexibility index (Phi) is 2.13. The van der Waals surface area contributed by atoms with Crippen LogP contribution in [0.2, 0.25) is 0 Å². The number of likely N-dealkylation sites (tertiary alicyclic amines) is 1. The molecule has 0 aromatic carbocycles. The van der Waals surface area contributed by atoms with Crippen LogP contribution in [0.4, 0.5) is 0 Å². The molecule has 2 saturated heterocycles. The molecule has 104 valence electrons. The van der Waals surface area contributed by atoms with Gasteiger partial charge in [0, 0.05) is 11.6 Å². The zero-order chi connectivity index (χ0) is 13.4. The van der Waals surface area contributed by atoms with Gasteiger partial charge in [-0.2, -0.15) is 0 Å². The summed E-state index contributed by atoms with van der Waals surface area (Å²) in [4.78, 5) is 26.6. The zero-order valence-electron chi connectivity index (χ0n) is 11.7. The van der Waals surface area contributed by atoms with Gasteiger partial charge in [-0.1, -0.05) is 13.8 Å². The molecule has 1 spiro atoms. The van der Waals surface area contributed by atoms with Gasteiger partial charge in [0.15, 0.2) is 0 Å². The van der Waals surface area contributed by atoms with Crippen molar-refractivity contribution in [3.63, 3.8) is 0 Å². The van der Waals surface area contributed by atoms with E-state index in [-0.39, 0.29) is 40.6 Å². The van der Waals surface area contributed by atoms with Gasteiger partial charge in [-0.15, -0.1) is 0 Å². The van der Waals surface area contributed by atoms with Gasteiger partial charge < -0.3 is 5.32 Å². The maximum atomic E-state index is 12.5. The molecule has 4 nitrogen and oxygen atoms in total. The highest BCUT2D eigenvalue weighted by atomic mass is 16.2. The molecule has 2 saturated carbocycles. The first-order chi connectivity index (χ1) is 8.96. The molecular formula is C15H22N2O2. The average Bonchev–Trinajstić information content (AvgIpc) is 2.78. The number of carbonyl (C=O) groups is 2. The fourth-order valence-electron chi connectivity index (χ4n) is 4.66. The van der Waals surface area contributed by atoms with Crippen molar-refractivity contribution >= 4 is 11.8 Å². The third-order valence-corrected chi connectivity index (χ3v) is 6.11. The molecule has 2 heterocycles. The van der Waals surface area contributed by atoms with Crippen LogP contribution < -0.4 is 5.32 Å². The standard InChI is InChI=1S/C15H22N2O2/c1-14(2)10-11(14)13(19)17(12(10)18)9-4-7-16-15(8-9)5-3-6-15/h9-11,16H,3-8H2,1-2H3. The highest BCUT2D eigenvalue weighted by Gasteiger charge is 2.73. The summed E-state index contributed by atoms with van der Waals surface area (Å²) in [5.74, 6) is 0.183. The third-order valence-electron chi connectivity index (χ3n) is 6.11. The van der Waals surface area contributed by atoms with E-state index in [9.17, 15) is 9.59 Å². The molecule has 0 bridgehead atoms. The van der Waals surface area contributed by atoms with Gasteiger partial charge in [-0.3, -0.25) is 14.5 Å². The van der Waals surface area contributed by atoms with E-state index in [2.05, 4.69) is 5.32 Å². The van der Waals surface area contributed by atoms with E-state index in [0.717, 1.165) is 19.4 Å². The van der Waals surface area contributed by atoms with Gasteiger partial charge in [0.1, 0.15) is 0 Å². The number of nitrogens with one attached hydrogen (secondary N) is 1. The summed E-state index contributed by atoms with van der Waals surface area (Å²) in [6.45, 7) is 5.04. The first kappa shape index (κ1) is 11.9. The molecule has 0 radical (unpaired) electrons. The number of hydrogen-bond acceptors (Lipinski definition) is 3. The van der Waals surface area contributed by atoms with Crippen LogP contribution in [0.25, 0.3) is 0 Å². The molecule has 2 amide bonds. The Morgan fingerprint density at radius 1 is 1.16 bits per heavy atom. The summed E-state index contributed by atoms with van der Waals surface area (Å²) < 4.78 is 0. The molecule has 19 heavy (non-hydrogen) atoms. The molecule has 4 aliphatic rings. The average molecular weight is 262 g/mol. The number of imide groups is 1. The maximum Gasteiger partial charge on any atom is 0.233 e. The maximum absolute atomic E-state index is 12.5. The Bertz CT molecular complexity index is 443. The van der Waals surface area contributed by atoms with E-state index >= 15 is 0 Å². The zero-order valence-corrected chi connectivity index (χ0v) is 11.7. The van der Waals surface area contributed by atoms with Crippen molar-refractivity contribution in [3.05, 3.63) is 0 Å². The van der Waals surface area contributed by atoms with Crippen molar-refractivity contribution in [1.82, 2.24) is 10.2 Å². The second kappa shape index (κ2) is 3.40. The van der Waals surface area contributed by atoms with Crippen LogP contribution in [0, 0.1) is 17.3 Å². The first-order valence-corrected chi connectivity index (χ1v) is 7.58. The van der Waals surface area contributed by atoms with Gasteiger partial charge in [0.05, 0.1) is 11.8 Å². The minimum absolute atomic E-state index is 0.0211. The second-order valence-corrected chi connectivity index (χ2v) is 7.53. The molecule has 3 atom stereocenters. The number of amides is 2. The van der Waals surface area contributed by atoms with E-state index in [1.807, 2.05) is 13.8 Å². The Morgan fingerprint density at radius 2 is 1.79 bits per heavy atom. The van der Waals surface area contributed by atoms with Gasteiger partial charge in [-0.05, 0) is 44.1 Å². The monoisotopic (exact) mass is 262 g/mol. The van der Waals surface area contributed by atoms with Crippen LogP contribution in [0.1, 0.15) is 46.0 Å². The van der Waals surface area contributed by atoms with Gasteiger partial charge in [-0.25, -0.2) is 0 Å². The molecule has 0 aromatic rings. The SMILES string of the molecule is CC1(C)C2C(=O)N(C3CCNC4(CCC4)C3)C(=O)C21. The molecule has 1 N–H and O–H groups in total. The molecule has 2 aliphatic carbocycles. The summed E-state index contributed by atoms with van der Waals surface area (Å²) in [5, 5.41) is 3.60. The van der Waals surface area contributed by atoms with Crippen LogP contribution >= 0.6 is 0 Å². The van der Waals surface area contributed by atoms with E-state index in [0.29, 0.717) is 0 Å². The lowest BCUT2D eigenvalue weighted by atomic mass is 9.70. The van der Waals surface area contributed by atoms with Crippen molar-refractivity contribution in [2.45, 2.75) is 57.5 Å². The van der Waals surface area contributed by atoms with Crippen molar-refractivity contribution in [3.8, 4) is 0 Å². The van der Waals surface area contributed by atoms with Crippen LogP contribution in [0.5, 0.6) is 0 Å².